The molecule has 0 fully saturated rings. The molecule has 0 aliphatic rings. The molecule has 7 heteroatoms. The van der Waals surface area contributed by atoms with Crippen molar-refractivity contribution < 1.29 is 4.52 Å². The molecule has 0 aliphatic carbocycles. The van der Waals surface area contributed by atoms with Crippen LogP contribution in [0.25, 0.3) is 10.2 Å². The van der Waals surface area contributed by atoms with Crippen molar-refractivity contribution in [2.75, 3.05) is 7.05 Å². The number of halogens is 1. The van der Waals surface area contributed by atoms with E-state index in [2.05, 4.69) is 48.6 Å². The van der Waals surface area contributed by atoms with Crippen LogP contribution in [0.4, 0.5) is 0 Å². The average Bonchev–Trinajstić information content (AvgIpc) is 3.35. The van der Waals surface area contributed by atoms with Gasteiger partial charge in [0, 0.05) is 18.9 Å². The Balaban J connectivity index is 0.00000240. The Morgan fingerprint density at radius 1 is 1.07 bits per heavy atom. The number of hydrogen-bond donors (Lipinski definition) is 1. The van der Waals surface area contributed by atoms with Gasteiger partial charge in [0.25, 0.3) is 0 Å². The summed E-state index contributed by atoms with van der Waals surface area (Å²) in [5.41, 5.74) is 1.74. The van der Waals surface area contributed by atoms with Crippen LogP contribution >= 0.6 is 23.7 Å². The van der Waals surface area contributed by atoms with Gasteiger partial charge in [-0.3, -0.25) is 0 Å². The Labute approximate surface area is 181 Å². The molecule has 5 nitrogen and oxygen atoms in total. The Hall–Kier alpha value is -2.28. The Morgan fingerprint density at radius 2 is 1.79 bits per heavy atom. The Morgan fingerprint density at radius 3 is 2.52 bits per heavy atom. The summed E-state index contributed by atoms with van der Waals surface area (Å²) in [5, 5.41) is 8.52. The first-order chi connectivity index (χ1) is 13.6. The largest absolute Gasteiger partial charge is 0.338 e. The van der Waals surface area contributed by atoms with Gasteiger partial charge in [0.2, 0.25) is 5.89 Å². The van der Waals surface area contributed by atoms with Gasteiger partial charge in [0.05, 0.1) is 20.6 Å². The summed E-state index contributed by atoms with van der Waals surface area (Å²) in [7, 11) is 1.94. The molecule has 152 valence electrons. The number of rotatable bonds is 7. The van der Waals surface area contributed by atoms with E-state index in [1.165, 1.54) is 4.70 Å². The summed E-state index contributed by atoms with van der Waals surface area (Å²) in [6.45, 7) is 4.26. The molecule has 4 aromatic rings. The molecule has 4 rings (SSSR count). The van der Waals surface area contributed by atoms with Gasteiger partial charge in [-0.2, -0.15) is 4.98 Å². The lowest BCUT2D eigenvalue weighted by atomic mass is 9.79. The second-order valence-electron chi connectivity index (χ2n) is 7.36. The highest BCUT2D eigenvalue weighted by Crippen LogP contribution is 2.36. The Kier molecular flexibility index (Phi) is 6.67. The molecule has 2 aromatic heterocycles. The second-order valence-corrected chi connectivity index (χ2v) is 8.48. The monoisotopic (exact) mass is 428 g/mol. The predicted molar refractivity (Wildman–Crippen MR) is 120 cm³/mol. The van der Waals surface area contributed by atoms with E-state index in [1.54, 1.807) is 11.3 Å². The summed E-state index contributed by atoms with van der Waals surface area (Å²) >= 11 is 1.72. The molecular weight excluding hydrogens is 404 g/mol. The lowest BCUT2D eigenvalue weighted by molar-refractivity contribution is 0.316. The number of likely N-dealkylation sites (N-methyl/N-ethyl adjacent to an activating group) is 1. The SMILES string of the molecule is CNC(C)Cc1noc(C(C)(Cc2nc3ccccc3s2)c2ccccc2)n1.Cl. The van der Waals surface area contributed by atoms with Gasteiger partial charge in [-0.1, -0.05) is 47.6 Å². The van der Waals surface area contributed by atoms with Gasteiger partial charge in [0.1, 0.15) is 0 Å². The van der Waals surface area contributed by atoms with Crippen molar-refractivity contribution >= 4 is 34.0 Å². The fourth-order valence-electron chi connectivity index (χ4n) is 3.34. The van der Waals surface area contributed by atoms with Crippen molar-refractivity contribution in [3.63, 3.8) is 0 Å². The van der Waals surface area contributed by atoms with E-state index in [9.17, 15) is 0 Å². The summed E-state index contributed by atoms with van der Waals surface area (Å²) in [5.74, 6) is 1.36. The summed E-state index contributed by atoms with van der Waals surface area (Å²) < 4.78 is 6.96. The van der Waals surface area contributed by atoms with Gasteiger partial charge in [-0.15, -0.1) is 23.7 Å². The minimum absolute atomic E-state index is 0. The zero-order valence-corrected chi connectivity index (χ0v) is 18.4. The first-order valence-corrected chi connectivity index (χ1v) is 10.3. The number of nitrogens with zero attached hydrogens (tertiary/aromatic N) is 3. The maximum Gasteiger partial charge on any atom is 0.237 e. The van der Waals surface area contributed by atoms with E-state index < -0.39 is 5.41 Å². The van der Waals surface area contributed by atoms with Crippen LogP contribution in [0.3, 0.4) is 0 Å². The number of hydrogen-bond acceptors (Lipinski definition) is 6. The normalized spacial score (nSPS) is 14.3. The summed E-state index contributed by atoms with van der Waals surface area (Å²) in [6, 6.07) is 18.9. The highest BCUT2D eigenvalue weighted by atomic mass is 35.5. The van der Waals surface area contributed by atoms with E-state index in [1.807, 2.05) is 37.4 Å². The van der Waals surface area contributed by atoms with E-state index in [0.717, 1.165) is 28.3 Å². The molecule has 0 radical (unpaired) electrons. The fourth-order valence-corrected chi connectivity index (χ4v) is 4.47. The lowest BCUT2D eigenvalue weighted by Gasteiger charge is -2.25. The van der Waals surface area contributed by atoms with Crippen LogP contribution in [-0.4, -0.2) is 28.2 Å². The summed E-state index contributed by atoms with van der Waals surface area (Å²) in [6.07, 6.45) is 1.44. The first kappa shape index (κ1) is 21.4. The molecule has 2 heterocycles. The van der Waals surface area contributed by atoms with Crippen molar-refractivity contribution in [1.82, 2.24) is 20.4 Å². The smallest absolute Gasteiger partial charge is 0.237 e. The number of thiazole rings is 1. The molecule has 2 unspecified atom stereocenters. The minimum Gasteiger partial charge on any atom is -0.338 e. The van der Waals surface area contributed by atoms with Crippen molar-refractivity contribution in [3.8, 4) is 0 Å². The van der Waals surface area contributed by atoms with E-state index in [-0.39, 0.29) is 18.4 Å². The zero-order chi connectivity index (χ0) is 19.6. The quantitative estimate of drug-likeness (QED) is 0.458. The van der Waals surface area contributed by atoms with Crippen LogP contribution in [-0.2, 0) is 18.3 Å². The van der Waals surface area contributed by atoms with Crippen LogP contribution in [0.5, 0.6) is 0 Å². The maximum absolute atomic E-state index is 5.76. The molecule has 2 atom stereocenters. The second kappa shape index (κ2) is 9.03. The molecule has 0 spiro atoms. The third-order valence-electron chi connectivity index (χ3n) is 5.18. The van der Waals surface area contributed by atoms with Crippen LogP contribution in [0.1, 0.15) is 36.1 Å². The van der Waals surface area contributed by atoms with Gasteiger partial charge >= 0.3 is 0 Å². The first-order valence-electron chi connectivity index (χ1n) is 9.49. The number of fused-ring (bicyclic) bond motifs is 1. The van der Waals surface area contributed by atoms with Gasteiger partial charge < -0.3 is 9.84 Å². The lowest BCUT2D eigenvalue weighted by Crippen LogP contribution is -2.27. The van der Waals surface area contributed by atoms with E-state index in [0.29, 0.717) is 12.3 Å². The fraction of sp³-hybridized carbons (Fsp3) is 0.318. The number of benzene rings is 2. The third-order valence-corrected chi connectivity index (χ3v) is 6.21. The van der Waals surface area contributed by atoms with Crippen LogP contribution < -0.4 is 5.32 Å². The predicted octanol–water partition coefficient (Wildman–Crippen LogP) is 4.80. The molecule has 29 heavy (non-hydrogen) atoms. The Bertz CT molecular complexity index is 1030. The van der Waals surface area contributed by atoms with Crippen molar-refractivity contribution in [1.29, 1.82) is 0 Å². The molecule has 0 bridgehead atoms. The number of nitrogens with one attached hydrogen (secondary N) is 1. The highest BCUT2D eigenvalue weighted by molar-refractivity contribution is 7.18. The summed E-state index contributed by atoms with van der Waals surface area (Å²) in [4.78, 5) is 9.59. The third kappa shape index (κ3) is 4.50. The van der Waals surface area contributed by atoms with Gasteiger partial charge in [-0.05, 0) is 38.6 Å². The van der Waals surface area contributed by atoms with Crippen molar-refractivity contribution in [2.24, 2.45) is 0 Å². The van der Waals surface area contributed by atoms with Crippen LogP contribution in [0.15, 0.2) is 59.1 Å². The van der Waals surface area contributed by atoms with Crippen LogP contribution in [0, 0.1) is 0 Å². The molecular formula is C22H25ClN4OS. The van der Waals surface area contributed by atoms with E-state index >= 15 is 0 Å². The topological polar surface area (TPSA) is 63.8 Å². The molecule has 0 saturated carbocycles. The van der Waals surface area contributed by atoms with Crippen molar-refractivity contribution in [3.05, 3.63) is 76.9 Å². The minimum atomic E-state index is -0.441. The maximum atomic E-state index is 5.76. The molecule has 0 amide bonds. The standard InChI is InChI=1S/C22H24N4OS.ClH/c1-15(23-3)13-19-25-21(27-26-19)22(2,16-9-5-4-6-10-16)14-20-24-17-11-7-8-12-18(17)28-20;/h4-12,15,23H,13-14H2,1-3H3;1H. The number of aromatic nitrogens is 3. The molecule has 0 aliphatic heterocycles. The van der Waals surface area contributed by atoms with Crippen LogP contribution in [0.2, 0.25) is 0 Å². The van der Waals surface area contributed by atoms with Gasteiger partial charge in [-0.25, -0.2) is 4.98 Å². The molecule has 1 N–H and O–H groups in total. The van der Waals surface area contributed by atoms with Crippen molar-refractivity contribution in [2.45, 2.75) is 38.1 Å². The highest BCUT2D eigenvalue weighted by Gasteiger charge is 2.36. The molecule has 0 saturated heterocycles. The van der Waals surface area contributed by atoms with Gasteiger partial charge in [0.15, 0.2) is 5.82 Å². The number of para-hydroxylation sites is 1. The average molecular weight is 429 g/mol. The molecule has 2 aromatic carbocycles. The van der Waals surface area contributed by atoms with E-state index in [4.69, 9.17) is 14.5 Å². The zero-order valence-electron chi connectivity index (χ0n) is 16.8.